The molecule has 0 bridgehead atoms. The Labute approximate surface area is 125 Å². The molecule has 0 aliphatic rings. The molecule has 0 aliphatic carbocycles. The zero-order chi connectivity index (χ0) is 15.5. The number of halogens is 4. The van der Waals surface area contributed by atoms with E-state index in [9.17, 15) is 13.2 Å². The summed E-state index contributed by atoms with van der Waals surface area (Å²) in [5.74, 6) is -0.200. The molecule has 3 nitrogen and oxygen atoms in total. The maximum Gasteiger partial charge on any atom is 0.421 e. The zero-order valence-electron chi connectivity index (χ0n) is 11.2. The number of benzene rings is 1. The van der Waals surface area contributed by atoms with E-state index in [1.807, 2.05) is 30.3 Å². The van der Waals surface area contributed by atoms with Crippen LogP contribution < -0.4 is 4.90 Å². The highest BCUT2D eigenvalue weighted by Gasteiger charge is 2.36. The molecular weight excluding hydrogens is 303 g/mol. The molecule has 0 spiro atoms. The predicted molar refractivity (Wildman–Crippen MR) is 75.2 cm³/mol. The van der Waals surface area contributed by atoms with Crippen LogP contribution in [0.1, 0.15) is 18.1 Å². The minimum atomic E-state index is -4.52. The molecule has 2 aromatic rings. The first-order chi connectivity index (χ1) is 9.91. The van der Waals surface area contributed by atoms with E-state index >= 15 is 0 Å². The molecule has 7 heteroatoms. The highest BCUT2D eigenvalue weighted by molar-refractivity contribution is 6.28. The number of alkyl halides is 3. The largest absolute Gasteiger partial charge is 0.421 e. The van der Waals surface area contributed by atoms with Gasteiger partial charge in [0.1, 0.15) is 11.4 Å². The normalized spacial score (nSPS) is 11.5. The van der Waals surface area contributed by atoms with Gasteiger partial charge in [0, 0.05) is 19.3 Å². The van der Waals surface area contributed by atoms with Crippen molar-refractivity contribution in [2.24, 2.45) is 0 Å². The molecule has 0 atom stereocenters. The van der Waals surface area contributed by atoms with Crippen molar-refractivity contribution in [1.82, 2.24) is 9.97 Å². The highest BCUT2D eigenvalue weighted by Crippen LogP contribution is 2.35. The number of anilines is 1. The van der Waals surface area contributed by atoms with Crippen LogP contribution in [0.15, 0.2) is 36.5 Å². The van der Waals surface area contributed by atoms with Gasteiger partial charge in [-0.05, 0) is 24.1 Å². The van der Waals surface area contributed by atoms with Gasteiger partial charge in [0.2, 0.25) is 5.28 Å². The lowest BCUT2D eigenvalue weighted by Crippen LogP contribution is -2.26. The number of hydrogen-bond acceptors (Lipinski definition) is 3. The van der Waals surface area contributed by atoms with Crippen molar-refractivity contribution in [3.8, 4) is 0 Å². The standard InChI is InChI=1S/C14H13ClF3N3/c1-2-21(9-10-6-4-3-5-7-10)12-11(14(16,17)18)8-19-13(15)20-12/h3-8H,2,9H2,1H3. The van der Waals surface area contributed by atoms with E-state index in [-0.39, 0.29) is 11.1 Å². The van der Waals surface area contributed by atoms with Crippen molar-refractivity contribution in [1.29, 1.82) is 0 Å². The van der Waals surface area contributed by atoms with Crippen LogP contribution in [0.4, 0.5) is 19.0 Å². The first-order valence-electron chi connectivity index (χ1n) is 6.30. The number of rotatable bonds is 4. The van der Waals surface area contributed by atoms with E-state index in [2.05, 4.69) is 9.97 Å². The van der Waals surface area contributed by atoms with Crippen molar-refractivity contribution in [3.05, 3.63) is 52.9 Å². The Hall–Kier alpha value is -1.82. The first kappa shape index (κ1) is 15.6. The van der Waals surface area contributed by atoms with Crippen LogP contribution in [0.5, 0.6) is 0 Å². The van der Waals surface area contributed by atoms with Crippen molar-refractivity contribution >= 4 is 17.4 Å². The third-order valence-corrected chi connectivity index (χ3v) is 3.12. The van der Waals surface area contributed by atoms with E-state index in [0.29, 0.717) is 13.1 Å². The topological polar surface area (TPSA) is 29.0 Å². The lowest BCUT2D eigenvalue weighted by Gasteiger charge is -2.25. The van der Waals surface area contributed by atoms with Gasteiger partial charge >= 0.3 is 6.18 Å². The lowest BCUT2D eigenvalue weighted by atomic mass is 10.2. The lowest BCUT2D eigenvalue weighted by molar-refractivity contribution is -0.137. The van der Waals surface area contributed by atoms with Crippen LogP contribution in [0.3, 0.4) is 0 Å². The van der Waals surface area contributed by atoms with Crippen LogP contribution in [0.2, 0.25) is 5.28 Å². The monoisotopic (exact) mass is 315 g/mol. The van der Waals surface area contributed by atoms with E-state index in [1.54, 1.807) is 6.92 Å². The molecule has 0 unspecified atom stereocenters. The summed E-state index contributed by atoms with van der Waals surface area (Å²) in [7, 11) is 0. The summed E-state index contributed by atoms with van der Waals surface area (Å²) in [6, 6.07) is 9.21. The summed E-state index contributed by atoms with van der Waals surface area (Å²) in [6.45, 7) is 2.44. The van der Waals surface area contributed by atoms with Gasteiger partial charge in [-0.15, -0.1) is 0 Å². The predicted octanol–water partition coefficient (Wildman–Crippen LogP) is 4.18. The Morgan fingerprint density at radius 3 is 2.43 bits per heavy atom. The third-order valence-electron chi connectivity index (χ3n) is 2.94. The molecule has 1 aromatic carbocycles. The number of aromatic nitrogens is 2. The average Bonchev–Trinajstić information content (AvgIpc) is 2.44. The zero-order valence-corrected chi connectivity index (χ0v) is 12.0. The minimum Gasteiger partial charge on any atom is -0.352 e. The van der Waals surface area contributed by atoms with Gasteiger partial charge in [-0.25, -0.2) is 4.98 Å². The van der Waals surface area contributed by atoms with Gasteiger partial charge in [0.25, 0.3) is 0 Å². The molecule has 21 heavy (non-hydrogen) atoms. The fourth-order valence-electron chi connectivity index (χ4n) is 1.93. The molecule has 0 saturated carbocycles. The van der Waals surface area contributed by atoms with Gasteiger partial charge < -0.3 is 4.90 Å². The Bertz CT molecular complexity index is 602. The summed E-state index contributed by atoms with van der Waals surface area (Å²) in [5.41, 5.74) is 0.00638. The van der Waals surface area contributed by atoms with Crippen LogP contribution >= 0.6 is 11.6 Å². The Balaban J connectivity index is 2.40. The summed E-state index contributed by atoms with van der Waals surface area (Å²) >= 11 is 5.65. The molecule has 0 aliphatic heterocycles. The smallest absolute Gasteiger partial charge is 0.352 e. The second kappa shape index (κ2) is 6.30. The molecule has 0 saturated heterocycles. The van der Waals surface area contributed by atoms with E-state index in [1.165, 1.54) is 4.90 Å². The SMILES string of the molecule is CCN(Cc1ccccc1)c1nc(Cl)ncc1C(F)(F)F. The summed E-state index contributed by atoms with van der Waals surface area (Å²) < 4.78 is 39.2. The fourth-order valence-corrected chi connectivity index (χ4v) is 2.06. The molecule has 0 N–H and O–H groups in total. The molecule has 0 fully saturated rings. The van der Waals surface area contributed by atoms with Crippen molar-refractivity contribution in [2.75, 3.05) is 11.4 Å². The quantitative estimate of drug-likeness (QED) is 0.793. The minimum absolute atomic E-state index is 0.200. The van der Waals surface area contributed by atoms with Gasteiger partial charge in [0.15, 0.2) is 0 Å². The van der Waals surface area contributed by atoms with E-state index < -0.39 is 11.7 Å². The fraction of sp³-hybridized carbons (Fsp3) is 0.286. The second-order valence-electron chi connectivity index (χ2n) is 4.37. The first-order valence-corrected chi connectivity index (χ1v) is 6.68. The maximum atomic E-state index is 13.1. The average molecular weight is 316 g/mol. The van der Waals surface area contributed by atoms with Gasteiger partial charge in [-0.1, -0.05) is 30.3 Å². The van der Waals surface area contributed by atoms with Crippen LogP contribution in [0, 0.1) is 0 Å². The molecule has 1 heterocycles. The molecule has 112 valence electrons. The van der Waals surface area contributed by atoms with E-state index in [4.69, 9.17) is 11.6 Å². The third kappa shape index (κ3) is 3.85. The van der Waals surface area contributed by atoms with Gasteiger partial charge in [-0.2, -0.15) is 18.2 Å². The molecule has 0 radical (unpaired) electrons. The van der Waals surface area contributed by atoms with Crippen molar-refractivity contribution in [2.45, 2.75) is 19.6 Å². The summed E-state index contributed by atoms with van der Waals surface area (Å²) in [5, 5.41) is -0.204. The van der Waals surface area contributed by atoms with Crippen LogP contribution in [-0.2, 0) is 12.7 Å². The van der Waals surface area contributed by atoms with E-state index in [0.717, 1.165) is 11.8 Å². The molecular formula is C14H13ClF3N3. The summed E-state index contributed by atoms with van der Waals surface area (Å²) in [6.07, 6.45) is -3.80. The Kier molecular flexibility index (Phi) is 4.67. The molecule has 2 rings (SSSR count). The van der Waals surface area contributed by atoms with Crippen molar-refractivity contribution in [3.63, 3.8) is 0 Å². The maximum absolute atomic E-state index is 13.1. The highest BCUT2D eigenvalue weighted by atomic mass is 35.5. The Morgan fingerprint density at radius 1 is 1.19 bits per heavy atom. The van der Waals surface area contributed by atoms with Gasteiger partial charge in [0.05, 0.1) is 0 Å². The second-order valence-corrected chi connectivity index (χ2v) is 4.71. The van der Waals surface area contributed by atoms with Crippen LogP contribution in [0.25, 0.3) is 0 Å². The molecule has 1 aromatic heterocycles. The Morgan fingerprint density at radius 2 is 1.86 bits per heavy atom. The number of nitrogens with zero attached hydrogens (tertiary/aromatic N) is 3. The molecule has 0 amide bonds. The van der Waals surface area contributed by atoms with Gasteiger partial charge in [-0.3, -0.25) is 0 Å². The number of hydrogen-bond donors (Lipinski definition) is 0. The van der Waals surface area contributed by atoms with Crippen molar-refractivity contribution < 1.29 is 13.2 Å². The van der Waals surface area contributed by atoms with Crippen LogP contribution in [-0.4, -0.2) is 16.5 Å². The summed E-state index contributed by atoms with van der Waals surface area (Å²) in [4.78, 5) is 8.72.